The molecule has 13 nitrogen and oxygen atoms in total. The molecule has 0 aliphatic heterocycles. The summed E-state index contributed by atoms with van der Waals surface area (Å²) in [6.45, 7) is 3.83. The maximum absolute atomic E-state index is 10.3. The number of hydrogen-bond donors (Lipinski definition) is 1. The topological polar surface area (TPSA) is 131 Å². The molecule has 0 saturated carbocycles. The van der Waals surface area contributed by atoms with Crippen LogP contribution in [-0.4, -0.2) is 31.5 Å². The van der Waals surface area contributed by atoms with Crippen molar-refractivity contribution >= 4 is 0 Å². The second-order valence-corrected chi connectivity index (χ2v) is 27.3. The molecular weight excluding hydrogens is 1400 g/mol. The second-order valence-electron chi connectivity index (χ2n) is 27.3. The van der Waals surface area contributed by atoms with Gasteiger partial charge >= 0.3 is 0 Å². The lowest BCUT2D eigenvalue weighted by Gasteiger charge is -2.21. The third-order valence-corrected chi connectivity index (χ3v) is 18.6. The first-order valence-corrected chi connectivity index (χ1v) is 38.6. The van der Waals surface area contributed by atoms with Gasteiger partial charge in [0.25, 0.3) is 0 Å². The van der Waals surface area contributed by atoms with E-state index in [1.165, 1.54) is 0 Å². The first-order valence-electron chi connectivity index (χ1n) is 38.6. The number of rotatable bonds is 45. The van der Waals surface area contributed by atoms with Gasteiger partial charge in [-0.1, -0.05) is 273 Å². The van der Waals surface area contributed by atoms with Gasteiger partial charge in [0, 0.05) is 6.61 Å². The molecule has 13 rings (SSSR count). The average Bonchev–Trinajstić information content (AvgIpc) is 0.835. The van der Waals surface area contributed by atoms with E-state index in [0.717, 1.165) is 72.3 Å². The van der Waals surface area contributed by atoms with Crippen molar-refractivity contribution in [3.05, 3.63) is 394 Å². The molecule has 13 aromatic rings. The Kier molecular flexibility index (Phi) is 29.4. The van der Waals surface area contributed by atoms with E-state index >= 15 is 0 Å². The van der Waals surface area contributed by atoms with Crippen LogP contribution < -0.4 is 56.8 Å². The average molecular weight is 1490 g/mol. The van der Waals surface area contributed by atoms with E-state index in [9.17, 15) is 5.11 Å². The van der Waals surface area contributed by atoms with Crippen molar-refractivity contribution in [1.82, 2.24) is 0 Å². The van der Waals surface area contributed by atoms with E-state index in [0.29, 0.717) is 200 Å². The van der Waals surface area contributed by atoms with Crippen molar-refractivity contribution in [2.75, 3.05) is 26.4 Å². The van der Waals surface area contributed by atoms with Crippen LogP contribution in [0.5, 0.6) is 69.0 Å². The van der Waals surface area contributed by atoms with E-state index in [1.54, 1.807) is 0 Å². The standard InChI is InChI=1S/C99H96O13/c100-54-28-50-84-58-88(101-55-29-51-85-60-90(104-66-75-32-10-1-11-33-75)97(110-72-81-44-22-7-23-45-81)91(61-85)105-67-76-34-12-2-13-35-76)96(103-57-31-53-87-64-94(108-70-79-40-18-5-19-41-79)99(112-74-83-48-26-9-27-49-83)95(65-87)109-71-80-42-20-6-21-43-80)89(59-84)102-56-30-52-86-62-92(106-68-77-36-14-3-15-37-77)98(111-73-82-46-24-8-25-47-82)93(63-86)107-69-78-38-16-4-17-39-78/h1-27,32-49,58-65,100H,28-31,50-57,66-74H2. The van der Waals surface area contributed by atoms with Gasteiger partial charge in [-0.15, -0.1) is 0 Å². The zero-order valence-electron chi connectivity index (χ0n) is 63.3. The molecule has 0 bridgehead atoms. The molecule has 1 N–H and O–H groups in total. The highest BCUT2D eigenvalue weighted by molar-refractivity contribution is 5.58. The fourth-order valence-electron chi connectivity index (χ4n) is 12.8. The number of aliphatic hydroxyl groups is 1. The third kappa shape index (κ3) is 24.2. The molecule has 0 aliphatic carbocycles. The monoisotopic (exact) mass is 1490 g/mol. The molecule has 570 valence electrons. The Bertz CT molecular complexity index is 4500. The van der Waals surface area contributed by atoms with E-state index in [4.69, 9.17) is 56.8 Å². The molecule has 0 heterocycles. The molecule has 0 saturated heterocycles. The predicted molar refractivity (Wildman–Crippen MR) is 440 cm³/mol. The first-order chi connectivity index (χ1) is 55.5. The lowest BCUT2D eigenvalue weighted by molar-refractivity contribution is 0.228. The van der Waals surface area contributed by atoms with Crippen LogP contribution in [0.1, 0.15) is 98.0 Å². The zero-order valence-corrected chi connectivity index (χ0v) is 63.3. The molecule has 0 aliphatic rings. The molecule has 13 heteroatoms. The Labute approximate surface area is 658 Å². The normalized spacial score (nSPS) is 10.9. The van der Waals surface area contributed by atoms with Crippen molar-refractivity contribution < 1.29 is 61.9 Å². The molecule has 112 heavy (non-hydrogen) atoms. The molecule has 0 amide bonds. The van der Waals surface area contributed by atoms with Gasteiger partial charge in [0.2, 0.25) is 23.0 Å². The Hall–Kier alpha value is -12.6. The molecular formula is C99H96O13. The Morgan fingerprint density at radius 3 is 0.518 bits per heavy atom. The fourth-order valence-corrected chi connectivity index (χ4v) is 12.8. The molecule has 0 atom stereocenters. The van der Waals surface area contributed by atoms with Crippen LogP contribution in [0.3, 0.4) is 0 Å². The van der Waals surface area contributed by atoms with Gasteiger partial charge in [0.15, 0.2) is 46.0 Å². The third-order valence-electron chi connectivity index (χ3n) is 18.6. The predicted octanol–water partition coefficient (Wildman–Crippen LogP) is 21.9. The van der Waals surface area contributed by atoms with Gasteiger partial charge in [-0.25, -0.2) is 0 Å². The highest BCUT2D eigenvalue weighted by Gasteiger charge is 2.23. The van der Waals surface area contributed by atoms with E-state index in [1.807, 2.05) is 212 Å². The number of benzene rings is 13. The van der Waals surface area contributed by atoms with Gasteiger partial charge in [0.1, 0.15) is 59.5 Å². The maximum Gasteiger partial charge on any atom is 0.203 e. The van der Waals surface area contributed by atoms with E-state index < -0.39 is 0 Å². The summed E-state index contributed by atoms with van der Waals surface area (Å²) in [5.41, 5.74) is 13.1. The summed E-state index contributed by atoms with van der Waals surface area (Å²) in [5.74, 6) is 6.59. The Morgan fingerprint density at radius 1 is 0.161 bits per heavy atom. The summed E-state index contributed by atoms with van der Waals surface area (Å²) in [6, 6.07) is 107. The van der Waals surface area contributed by atoms with Gasteiger partial charge in [-0.2, -0.15) is 0 Å². The van der Waals surface area contributed by atoms with Gasteiger partial charge in [-0.3, -0.25) is 0 Å². The molecule has 0 unspecified atom stereocenters. The zero-order chi connectivity index (χ0) is 76.2. The van der Waals surface area contributed by atoms with Crippen LogP contribution in [0.15, 0.2) is 322 Å². The summed E-state index contributed by atoms with van der Waals surface area (Å²) in [5, 5.41) is 10.3. The largest absolute Gasteiger partial charge is 0.490 e. The summed E-state index contributed by atoms with van der Waals surface area (Å²) in [4.78, 5) is 0. The summed E-state index contributed by atoms with van der Waals surface area (Å²) in [7, 11) is 0. The molecule has 0 spiro atoms. The van der Waals surface area contributed by atoms with Crippen LogP contribution in [0.4, 0.5) is 0 Å². The van der Waals surface area contributed by atoms with E-state index in [-0.39, 0.29) is 6.61 Å². The second kappa shape index (κ2) is 42.4. The summed E-state index contributed by atoms with van der Waals surface area (Å²) >= 11 is 0. The van der Waals surface area contributed by atoms with E-state index in [2.05, 4.69) is 109 Å². The SMILES string of the molecule is OCCCc1cc(OCCCc2cc(OCc3ccccc3)c(OCc3ccccc3)c(OCc3ccccc3)c2)c(OCCCc2cc(OCc3ccccc3)c(OCc3ccccc3)c(OCc3ccccc3)c2)c(OCCCc2cc(OCc3ccccc3)c(OCc3ccccc3)c(OCc3ccccc3)c2)c1. The number of aliphatic hydroxyl groups excluding tert-OH is 1. The van der Waals surface area contributed by atoms with Crippen molar-refractivity contribution in [1.29, 1.82) is 0 Å². The minimum absolute atomic E-state index is 0.0111. The van der Waals surface area contributed by atoms with Crippen molar-refractivity contribution in [3.63, 3.8) is 0 Å². The minimum Gasteiger partial charge on any atom is -0.490 e. The maximum atomic E-state index is 10.3. The minimum atomic E-state index is 0.0111. The molecule has 0 aromatic heterocycles. The van der Waals surface area contributed by atoms with Gasteiger partial charge in [-0.05, 0) is 172 Å². The highest BCUT2D eigenvalue weighted by atomic mass is 16.6. The first kappa shape index (κ1) is 77.6. The van der Waals surface area contributed by atoms with Crippen LogP contribution in [0.25, 0.3) is 0 Å². The van der Waals surface area contributed by atoms with Crippen molar-refractivity contribution in [2.24, 2.45) is 0 Å². The lowest BCUT2D eigenvalue weighted by Crippen LogP contribution is -2.09. The lowest BCUT2D eigenvalue weighted by atomic mass is 10.1. The molecule has 0 fully saturated rings. The van der Waals surface area contributed by atoms with Gasteiger partial charge < -0.3 is 61.9 Å². The Balaban J connectivity index is 0.792. The summed E-state index contributed by atoms with van der Waals surface area (Å²) < 4.78 is 81.3. The van der Waals surface area contributed by atoms with Crippen molar-refractivity contribution in [2.45, 2.75) is 111 Å². The quantitative estimate of drug-likeness (QED) is 0.0364. The number of hydrogen-bond acceptors (Lipinski definition) is 13. The van der Waals surface area contributed by atoms with Gasteiger partial charge in [0.05, 0.1) is 19.8 Å². The number of ether oxygens (including phenoxy) is 12. The van der Waals surface area contributed by atoms with Crippen LogP contribution in [-0.2, 0) is 85.1 Å². The summed E-state index contributed by atoms with van der Waals surface area (Å²) in [6.07, 6.45) is 4.72. The van der Waals surface area contributed by atoms with Crippen LogP contribution in [0, 0.1) is 0 Å². The van der Waals surface area contributed by atoms with Crippen molar-refractivity contribution in [3.8, 4) is 69.0 Å². The smallest absolute Gasteiger partial charge is 0.203 e. The van der Waals surface area contributed by atoms with Crippen LogP contribution in [0.2, 0.25) is 0 Å². The fraction of sp³-hybridized carbons (Fsp3) is 0.212. The molecule has 13 aromatic carbocycles. The molecule has 0 radical (unpaired) electrons. The Morgan fingerprint density at radius 2 is 0.321 bits per heavy atom. The number of aryl methyl sites for hydroxylation is 4. The van der Waals surface area contributed by atoms with Crippen LogP contribution >= 0.6 is 0 Å². The highest BCUT2D eigenvalue weighted by Crippen LogP contribution is 2.45.